The molecule has 0 fully saturated rings. The van der Waals surface area contributed by atoms with Gasteiger partial charge in [-0.15, -0.1) is 5.10 Å². The summed E-state index contributed by atoms with van der Waals surface area (Å²) in [6, 6.07) is 66.1. The van der Waals surface area contributed by atoms with E-state index in [1.807, 2.05) is 53.2 Å². The average Bonchev–Trinajstić information content (AvgIpc) is 4.03. The fourth-order valence-electron chi connectivity index (χ4n) is 8.58. The van der Waals surface area contributed by atoms with E-state index in [9.17, 15) is 0 Å². The Morgan fingerprint density at radius 2 is 0.946 bits per heavy atom. The van der Waals surface area contributed by atoms with Crippen LogP contribution in [0.15, 0.2) is 192 Å². The minimum absolute atomic E-state index is 0.685. The summed E-state index contributed by atoms with van der Waals surface area (Å²) in [6.45, 7) is 0. The van der Waals surface area contributed by atoms with Gasteiger partial charge in [0.15, 0.2) is 11.6 Å². The Balaban J connectivity index is 1.08. The number of hydrogen-bond donors (Lipinski definition) is 0. The molecule has 12 rings (SSSR count). The molecule has 4 heterocycles. The predicted molar refractivity (Wildman–Crippen MR) is 228 cm³/mol. The number of aromatic nitrogens is 5. The van der Waals surface area contributed by atoms with Crippen molar-refractivity contribution in [3.63, 3.8) is 0 Å². The average molecular weight is 718 g/mol. The fourth-order valence-corrected chi connectivity index (χ4v) is 8.58. The van der Waals surface area contributed by atoms with E-state index in [1.54, 1.807) is 0 Å². The van der Waals surface area contributed by atoms with Gasteiger partial charge in [-0.1, -0.05) is 121 Å². The molecular formula is C50H31N5O. The number of furan rings is 1. The van der Waals surface area contributed by atoms with Gasteiger partial charge in [-0.05, 0) is 66.7 Å². The summed E-state index contributed by atoms with van der Waals surface area (Å²) in [5, 5.41) is 12.0. The van der Waals surface area contributed by atoms with Crippen LogP contribution in [-0.4, -0.2) is 23.9 Å². The minimum Gasteiger partial charge on any atom is -0.456 e. The maximum Gasteiger partial charge on any atom is 0.182 e. The lowest BCUT2D eigenvalue weighted by Gasteiger charge is -2.13. The summed E-state index contributed by atoms with van der Waals surface area (Å²) in [5.41, 5.74) is 11.4. The van der Waals surface area contributed by atoms with Gasteiger partial charge in [0, 0.05) is 54.8 Å². The molecule has 0 aliphatic carbocycles. The van der Waals surface area contributed by atoms with Crippen molar-refractivity contribution in [1.82, 2.24) is 23.9 Å². The lowest BCUT2D eigenvalue weighted by Crippen LogP contribution is -2.00. The summed E-state index contributed by atoms with van der Waals surface area (Å²) in [4.78, 5) is 5.17. The number of fused-ring (bicyclic) bond motifs is 9. The Bertz CT molecular complexity index is 3480. The third-order valence-corrected chi connectivity index (χ3v) is 11.1. The zero-order valence-electron chi connectivity index (χ0n) is 30.0. The minimum atomic E-state index is 0.685. The summed E-state index contributed by atoms with van der Waals surface area (Å²) >= 11 is 0. The zero-order valence-corrected chi connectivity index (χ0v) is 30.0. The molecule has 0 spiro atoms. The summed E-state index contributed by atoms with van der Waals surface area (Å²) in [6.07, 6.45) is 0. The van der Waals surface area contributed by atoms with E-state index in [0.29, 0.717) is 5.82 Å². The monoisotopic (exact) mass is 717 g/mol. The molecular weight excluding hydrogens is 687 g/mol. The van der Waals surface area contributed by atoms with Crippen molar-refractivity contribution < 1.29 is 4.42 Å². The van der Waals surface area contributed by atoms with E-state index < -0.39 is 0 Å². The number of para-hydroxylation sites is 4. The second kappa shape index (κ2) is 11.9. The highest BCUT2D eigenvalue weighted by Gasteiger charge is 2.20. The first-order chi connectivity index (χ1) is 27.8. The molecule has 0 amide bonds. The van der Waals surface area contributed by atoms with E-state index in [0.717, 1.165) is 83.4 Å². The SMILES string of the molecule is c1ccc(-c2nc(-c3ccc4c5ccccc5n(-c5cccc(-n6c7ccccc7c7cc8oc9ccccc9c8cc76)c5)c4c3)n(-c3ccccc3)n2)cc1. The number of nitrogens with zero attached hydrogens (tertiary/aromatic N) is 5. The molecule has 6 nitrogen and oxygen atoms in total. The smallest absolute Gasteiger partial charge is 0.182 e. The molecule has 0 N–H and O–H groups in total. The van der Waals surface area contributed by atoms with Crippen molar-refractivity contribution in [3.05, 3.63) is 188 Å². The van der Waals surface area contributed by atoms with Gasteiger partial charge in [0.05, 0.1) is 27.8 Å². The van der Waals surface area contributed by atoms with Crippen molar-refractivity contribution in [2.45, 2.75) is 0 Å². The maximum atomic E-state index is 6.35. The highest BCUT2D eigenvalue weighted by molar-refractivity contribution is 6.17. The number of hydrogen-bond acceptors (Lipinski definition) is 3. The van der Waals surface area contributed by atoms with E-state index in [1.165, 1.54) is 16.2 Å². The summed E-state index contributed by atoms with van der Waals surface area (Å²) < 4.78 is 13.1. The molecule has 56 heavy (non-hydrogen) atoms. The lowest BCUT2D eigenvalue weighted by molar-refractivity contribution is 0.669. The normalized spacial score (nSPS) is 11.9. The van der Waals surface area contributed by atoms with Crippen LogP contribution in [0, 0.1) is 0 Å². The van der Waals surface area contributed by atoms with Crippen LogP contribution in [0.25, 0.3) is 105 Å². The Kier molecular flexibility index (Phi) is 6.53. The number of benzene rings is 8. The molecule has 6 heteroatoms. The number of rotatable bonds is 5. The quantitative estimate of drug-likeness (QED) is 0.178. The van der Waals surface area contributed by atoms with Crippen LogP contribution in [0.5, 0.6) is 0 Å². The summed E-state index contributed by atoms with van der Waals surface area (Å²) in [5.74, 6) is 1.47. The second-order valence-corrected chi connectivity index (χ2v) is 14.3. The van der Waals surface area contributed by atoms with Gasteiger partial charge in [-0.25, -0.2) is 9.67 Å². The fraction of sp³-hybridized carbons (Fsp3) is 0. The van der Waals surface area contributed by atoms with Crippen LogP contribution in [0.1, 0.15) is 0 Å². The van der Waals surface area contributed by atoms with Gasteiger partial charge in [-0.3, -0.25) is 0 Å². The largest absolute Gasteiger partial charge is 0.456 e. The van der Waals surface area contributed by atoms with E-state index in [4.69, 9.17) is 14.5 Å². The van der Waals surface area contributed by atoms with E-state index >= 15 is 0 Å². The van der Waals surface area contributed by atoms with Gasteiger partial charge in [0.1, 0.15) is 11.2 Å². The maximum absolute atomic E-state index is 6.35. The van der Waals surface area contributed by atoms with Crippen LogP contribution in [-0.2, 0) is 0 Å². The molecule has 8 aromatic carbocycles. The third kappa shape index (κ3) is 4.56. The van der Waals surface area contributed by atoms with Crippen LogP contribution in [0.2, 0.25) is 0 Å². The topological polar surface area (TPSA) is 53.7 Å². The standard InChI is InChI=1S/C50H31N5O/c1-3-14-32(15-4-1)49-51-50(55(52-49)34-16-5-2-6-17-34)33-26-27-39-37-20-7-10-23-43(37)53(45(39)28-33)35-18-13-19-36(29-35)54-44-24-11-8-21-38(44)41-31-48-42(30-46(41)54)40-22-9-12-25-47(40)56-48/h1-31H. The van der Waals surface area contributed by atoms with Gasteiger partial charge in [-0.2, -0.15) is 0 Å². The molecule has 0 aliphatic heterocycles. The van der Waals surface area contributed by atoms with Gasteiger partial charge < -0.3 is 13.6 Å². The Hall–Kier alpha value is -7.70. The van der Waals surface area contributed by atoms with Crippen molar-refractivity contribution in [2.24, 2.45) is 0 Å². The molecule has 262 valence electrons. The first kappa shape index (κ1) is 30.7. The molecule has 0 saturated carbocycles. The Morgan fingerprint density at radius 3 is 1.70 bits per heavy atom. The second-order valence-electron chi connectivity index (χ2n) is 14.3. The highest BCUT2D eigenvalue weighted by Crippen LogP contribution is 2.40. The predicted octanol–water partition coefficient (Wildman–Crippen LogP) is 12.7. The lowest BCUT2D eigenvalue weighted by atomic mass is 10.1. The third-order valence-electron chi connectivity index (χ3n) is 11.1. The van der Waals surface area contributed by atoms with Crippen molar-refractivity contribution in [3.8, 4) is 39.8 Å². The molecule has 0 atom stereocenters. The molecule has 0 saturated heterocycles. The van der Waals surface area contributed by atoms with E-state index in [2.05, 4.69) is 149 Å². The molecule has 0 radical (unpaired) electrons. The van der Waals surface area contributed by atoms with Crippen LogP contribution >= 0.6 is 0 Å². The van der Waals surface area contributed by atoms with E-state index in [-0.39, 0.29) is 0 Å². The van der Waals surface area contributed by atoms with Gasteiger partial charge in [0.2, 0.25) is 0 Å². The first-order valence-corrected chi connectivity index (χ1v) is 18.8. The molecule has 0 unspecified atom stereocenters. The van der Waals surface area contributed by atoms with Crippen molar-refractivity contribution >= 4 is 65.6 Å². The molecule has 0 bridgehead atoms. The highest BCUT2D eigenvalue weighted by atomic mass is 16.3. The van der Waals surface area contributed by atoms with Gasteiger partial charge in [0.25, 0.3) is 0 Å². The molecule has 0 aliphatic rings. The van der Waals surface area contributed by atoms with Crippen LogP contribution in [0.3, 0.4) is 0 Å². The Morgan fingerprint density at radius 1 is 0.357 bits per heavy atom. The van der Waals surface area contributed by atoms with Gasteiger partial charge >= 0.3 is 0 Å². The van der Waals surface area contributed by atoms with Crippen LogP contribution in [0.4, 0.5) is 0 Å². The molecule has 4 aromatic heterocycles. The molecule has 12 aromatic rings. The van der Waals surface area contributed by atoms with Crippen LogP contribution < -0.4 is 0 Å². The Labute approximate surface area is 320 Å². The van der Waals surface area contributed by atoms with Crippen molar-refractivity contribution in [1.29, 1.82) is 0 Å². The summed E-state index contributed by atoms with van der Waals surface area (Å²) in [7, 11) is 0. The first-order valence-electron chi connectivity index (χ1n) is 18.8. The zero-order chi connectivity index (χ0) is 36.7. The van der Waals surface area contributed by atoms with Crippen molar-refractivity contribution in [2.75, 3.05) is 0 Å².